The SMILES string of the molecule is Cc1cc(OCC2CN(S(=O)(=O)c3c(C(N)=O)[nH]c4ccc(Cl)cc34)CCO2)ccc1-c1cncnc1. The fraction of sp³-hybridized carbons (Fsp3) is 0.240. The molecule has 1 fully saturated rings. The molecular formula is C25H24ClN5O5S. The van der Waals surface area contributed by atoms with Crippen molar-refractivity contribution in [2.75, 3.05) is 26.3 Å². The van der Waals surface area contributed by atoms with Crippen molar-refractivity contribution < 1.29 is 22.7 Å². The molecule has 5 rings (SSSR count). The number of aromatic nitrogens is 3. The lowest BCUT2D eigenvalue weighted by Crippen LogP contribution is -2.47. The highest BCUT2D eigenvalue weighted by Crippen LogP contribution is 2.32. The van der Waals surface area contributed by atoms with Crippen molar-refractivity contribution in [1.29, 1.82) is 0 Å². The van der Waals surface area contributed by atoms with Crippen molar-refractivity contribution in [3.05, 3.63) is 71.4 Å². The number of halogens is 1. The molecule has 0 spiro atoms. The second-order valence-corrected chi connectivity index (χ2v) is 11.0. The highest BCUT2D eigenvalue weighted by atomic mass is 35.5. The van der Waals surface area contributed by atoms with Crippen LogP contribution in [0.4, 0.5) is 0 Å². The number of amides is 1. The molecule has 4 aromatic rings. The van der Waals surface area contributed by atoms with Crippen molar-refractivity contribution in [3.8, 4) is 16.9 Å². The summed E-state index contributed by atoms with van der Waals surface area (Å²) < 4.78 is 40.4. The third-order valence-electron chi connectivity index (χ3n) is 6.16. The van der Waals surface area contributed by atoms with Crippen molar-refractivity contribution in [2.45, 2.75) is 17.9 Å². The molecule has 10 nitrogen and oxygen atoms in total. The summed E-state index contributed by atoms with van der Waals surface area (Å²) >= 11 is 6.11. The number of fused-ring (bicyclic) bond motifs is 1. The first-order chi connectivity index (χ1) is 17.7. The van der Waals surface area contributed by atoms with Gasteiger partial charge in [0.1, 0.15) is 35.4 Å². The number of nitrogens with zero attached hydrogens (tertiary/aromatic N) is 3. The van der Waals surface area contributed by atoms with Crippen LogP contribution in [-0.4, -0.2) is 66.0 Å². The lowest BCUT2D eigenvalue weighted by molar-refractivity contribution is -0.0249. The summed E-state index contributed by atoms with van der Waals surface area (Å²) in [4.78, 5) is 22.8. The second kappa shape index (κ2) is 10.1. The van der Waals surface area contributed by atoms with Crippen molar-refractivity contribution >= 4 is 38.4 Å². The predicted molar refractivity (Wildman–Crippen MR) is 138 cm³/mol. The zero-order valence-electron chi connectivity index (χ0n) is 19.8. The Kier molecular flexibility index (Phi) is 6.86. The average Bonchev–Trinajstić information content (AvgIpc) is 3.28. The number of morpholine rings is 1. The minimum atomic E-state index is -4.10. The van der Waals surface area contributed by atoms with Gasteiger partial charge in [-0.2, -0.15) is 4.31 Å². The Hall–Kier alpha value is -3.51. The highest BCUT2D eigenvalue weighted by molar-refractivity contribution is 7.89. The number of sulfonamides is 1. The van der Waals surface area contributed by atoms with E-state index in [-0.39, 0.29) is 36.9 Å². The standard InChI is InChI=1S/C25H24ClN5O5S/c1-15-8-18(3-4-20(15)16-10-28-14-29-11-16)36-13-19-12-31(6-7-35-19)37(33,34)24-21-9-17(26)2-5-22(21)30-23(24)25(27)32/h2-5,8-11,14,19,30H,6-7,12-13H2,1H3,(H2,27,32). The van der Waals surface area contributed by atoms with Crippen LogP contribution in [0.1, 0.15) is 16.1 Å². The maximum Gasteiger partial charge on any atom is 0.266 e. The van der Waals surface area contributed by atoms with Gasteiger partial charge in [-0.25, -0.2) is 18.4 Å². The quantitative estimate of drug-likeness (QED) is 0.366. The molecule has 1 atom stereocenters. The Balaban J connectivity index is 1.33. The van der Waals surface area contributed by atoms with E-state index in [0.717, 1.165) is 16.7 Å². The van der Waals surface area contributed by atoms with E-state index in [1.165, 1.54) is 16.7 Å². The molecule has 12 heteroatoms. The number of aryl methyl sites for hydroxylation is 1. The van der Waals surface area contributed by atoms with Gasteiger partial charge < -0.3 is 20.2 Å². The molecule has 192 valence electrons. The second-order valence-electron chi connectivity index (χ2n) is 8.65. The van der Waals surface area contributed by atoms with Crippen molar-refractivity contribution in [3.63, 3.8) is 0 Å². The summed E-state index contributed by atoms with van der Waals surface area (Å²) in [5, 5.41) is 0.647. The van der Waals surface area contributed by atoms with Crippen LogP contribution >= 0.6 is 11.6 Å². The highest BCUT2D eigenvalue weighted by Gasteiger charge is 2.36. The van der Waals surface area contributed by atoms with Crippen LogP contribution in [0.5, 0.6) is 5.75 Å². The van der Waals surface area contributed by atoms with Crippen LogP contribution < -0.4 is 10.5 Å². The molecule has 37 heavy (non-hydrogen) atoms. The summed E-state index contributed by atoms with van der Waals surface area (Å²) in [5.41, 5.74) is 8.64. The normalized spacial score (nSPS) is 16.6. The van der Waals surface area contributed by atoms with Gasteiger partial charge in [-0.3, -0.25) is 4.79 Å². The number of hydrogen-bond donors (Lipinski definition) is 2. The van der Waals surface area contributed by atoms with Gasteiger partial charge in [0.15, 0.2) is 0 Å². The molecule has 0 aliphatic carbocycles. The van der Waals surface area contributed by atoms with Gasteiger partial charge in [0.25, 0.3) is 5.91 Å². The third-order valence-corrected chi connectivity index (χ3v) is 8.35. The summed E-state index contributed by atoms with van der Waals surface area (Å²) in [6.45, 7) is 2.45. The van der Waals surface area contributed by atoms with E-state index in [9.17, 15) is 13.2 Å². The zero-order chi connectivity index (χ0) is 26.2. The van der Waals surface area contributed by atoms with Gasteiger partial charge in [-0.15, -0.1) is 0 Å². The number of primary amides is 1. The van der Waals surface area contributed by atoms with Crippen LogP contribution in [0.3, 0.4) is 0 Å². The molecule has 2 aromatic carbocycles. The number of H-pyrrole nitrogens is 1. The van der Waals surface area contributed by atoms with E-state index < -0.39 is 22.0 Å². The number of benzene rings is 2. The molecule has 2 aromatic heterocycles. The van der Waals surface area contributed by atoms with Gasteiger partial charge in [0, 0.05) is 47.0 Å². The first-order valence-electron chi connectivity index (χ1n) is 11.5. The molecule has 3 N–H and O–H groups in total. The Morgan fingerprint density at radius 2 is 2.03 bits per heavy atom. The monoisotopic (exact) mass is 541 g/mol. The molecule has 1 aliphatic rings. The minimum Gasteiger partial charge on any atom is -0.491 e. The van der Waals surface area contributed by atoms with E-state index in [0.29, 0.717) is 21.7 Å². The first kappa shape index (κ1) is 25.2. The topological polar surface area (TPSA) is 140 Å². The Morgan fingerprint density at radius 1 is 1.24 bits per heavy atom. The van der Waals surface area contributed by atoms with Gasteiger partial charge in [-0.1, -0.05) is 17.7 Å². The molecule has 1 aliphatic heterocycles. The lowest BCUT2D eigenvalue weighted by atomic mass is 10.0. The zero-order valence-corrected chi connectivity index (χ0v) is 21.4. The summed E-state index contributed by atoms with van der Waals surface area (Å²) in [7, 11) is -4.10. The van der Waals surface area contributed by atoms with Gasteiger partial charge >= 0.3 is 0 Å². The predicted octanol–water partition coefficient (Wildman–Crippen LogP) is 3.15. The Labute approximate surface area is 218 Å². The molecular weight excluding hydrogens is 518 g/mol. The number of nitrogens with one attached hydrogen (secondary N) is 1. The molecule has 0 bridgehead atoms. The van der Waals surface area contributed by atoms with Crippen LogP contribution in [0.15, 0.2) is 60.0 Å². The van der Waals surface area contributed by atoms with E-state index >= 15 is 0 Å². The van der Waals surface area contributed by atoms with Gasteiger partial charge in [-0.05, 0) is 48.4 Å². The largest absolute Gasteiger partial charge is 0.491 e. The minimum absolute atomic E-state index is 0.0478. The van der Waals surface area contributed by atoms with Crippen molar-refractivity contribution in [2.24, 2.45) is 5.73 Å². The smallest absolute Gasteiger partial charge is 0.266 e. The maximum atomic E-state index is 13.7. The number of rotatable bonds is 7. The number of carbonyl (C=O) groups excluding carboxylic acids is 1. The molecule has 0 saturated carbocycles. The number of hydrogen-bond acceptors (Lipinski definition) is 7. The van der Waals surface area contributed by atoms with Crippen LogP contribution in [-0.2, 0) is 14.8 Å². The number of ether oxygens (including phenoxy) is 2. The Bertz CT molecular complexity index is 1580. The molecule has 1 unspecified atom stereocenters. The first-order valence-corrected chi connectivity index (χ1v) is 13.3. The summed E-state index contributed by atoms with van der Waals surface area (Å²) in [6.07, 6.45) is 4.45. The van der Waals surface area contributed by atoms with Crippen molar-refractivity contribution in [1.82, 2.24) is 19.3 Å². The van der Waals surface area contributed by atoms with Crippen LogP contribution in [0.25, 0.3) is 22.0 Å². The van der Waals surface area contributed by atoms with E-state index in [1.807, 2.05) is 25.1 Å². The summed E-state index contributed by atoms with van der Waals surface area (Å²) in [5.74, 6) is -0.246. The Morgan fingerprint density at radius 3 is 2.76 bits per heavy atom. The third kappa shape index (κ3) is 5.03. The molecule has 0 radical (unpaired) electrons. The lowest BCUT2D eigenvalue weighted by Gasteiger charge is -2.32. The number of carbonyl (C=O) groups is 1. The number of aromatic amines is 1. The van der Waals surface area contributed by atoms with E-state index in [1.54, 1.807) is 24.5 Å². The van der Waals surface area contributed by atoms with E-state index in [2.05, 4.69) is 15.0 Å². The summed E-state index contributed by atoms with van der Waals surface area (Å²) in [6, 6.07) is 10.4. The fourth-order valence-corrected chi connectivity index (χ4v) is 6.36. The van der Waals surface area contributed by atoms with E-state index in [4.69, 9.17) is 26.8 Å². The number of nitrogens with two attached hydrogens (primary N) is 1. The molecule has 3 heterocycles. The van der Waals surface area contributed by atoms with Crippen LogP contribution in [0, 0.1) is 6.92 Å². The van der Waals surface area contributed by atoms with Gasteiger partial charge in [0.2, 0.25) is 10.0 Å². The average molecular weight is 542 g/mol. The van der Waals surface area contributed by atoms with Crippen LogP contribution in [0.2, 0.25) is 5.02 Å². The molecule has 1 saturated heterocycles. The fourth-order valence-electron chi connectivity index (χ4n) is 4.40. The van der Waals surface area contributed by atoms with Gasteiger partial charge in [0.05, 0.1) is 6.61 Å². The molecule has 1 amide bonds. The maximum absolute atomic E-state index is 13.7.